The number of benzene rings is 4. The maximum Gasteiger partial charge on any atom is 0.416 e. The van der Waals surface area contributed by atoms with Crippen LogP contribution >= 0.6 is 0 Å². The summed E-state index contributed by atoms with van der Waals surface area (Å²) in [6.45, 7) is 6.34. The average molecular weight is 1460 g/mol. The van der Waals surface area contributed by atoms with Gasteiger partial charge in [0, 0.05) is 45.4 Å². The number of ether oxygens (including phenoxy) is 11. The molecule has 13 N–H and O–H groups in total. The molecule has 3 unspecified atom stereocenters. The summed E-state index contributed by atoms with van der Waals surface area (Å²) < 4.78 is 62.4. The molecule has 14 atom stereocenters. The van der Waals surface area contributed by atoms with Crippen molar-refractivity contribution in [2.24, 2.45) is 0 Å². The van der Waals surface area contributed by atoms with Gasteiger partial charge in [-0.25, -0.2) is 29.0 Å². The Balaban J connectivity index is 0.822. The number of carbonyl (C=O) groups is 8. The van der Waals surface area contributed by atoms with E-state index in [0.29, 0.717) is 30.4 Å². The summed E-state index contributed by atoms with van der Waals surface area (Å²) in [4.78, 5) is 113. The van der Waals surface area contributed by atoms with Gasteiger partial charge in [-0.15, -0.1) is 0 Å². The van der Waals surface area contributed by atoms with E-state index < -0.39 is 154 Å². The van der Waals surface area contributed by atoms with Crippen molar-refractivity contribution in [3.05, 3.63) is 118 Å². The Bertz CT molecular complexity index is 3930. The molecule has 36 heteroatoms. The monoisotopic (exact) mass is 1460 g/mol. The summed E-state index contributed by atoms with van der Waals surface area (Å²) in [5.41, 5.74) is 0.537. The zero-order chi connectivity index (χ0) is 75.1. The van der Waals surface area contributed by atoms with Gasteiger partial charge in [0.05, 0.1) is 86.4 Å². The molecule has 6 aliphatic heterocycles. The van der Waals surface area contributed by atoms with Crippen LogP contribution in [0.5, 0.6) is 34.5 Å². The van der Waals surface area contributed by atoms with E-state index in [1.807, 2.05) is 0 Å². The lowest BCUT2D eigenvalue weighted by molar-refractivity contribution is -0.271. The van der Waals surface area contributed by atoms with Gasteiger partial charge in [-0.2, -0.15) is 0 Å². The number of carboxylic acid groups (broad SMARTS) is 2. The number of hydrogen-bond donors (Lipinski definition) is 13. The molecule has 4 aromatic rings. The second-order valence-corrected chi connectivity index (χ2v) is 25.0. The fraction of sp³-hybridized carbons (Fsp3) is 0.471. The largest absolute Gasteiger partial charge is 0.493 e. The molecule has 0 radical (unpaired) electrons. The van der Waals surface area contributed by atoms with Gasteiger partial charge in [0.1, 0.15) is 61.3 Å². The lowest BCUT2D eigenvalue weighted by Crippen LogP contribution is -2.61. The van der Waals surface area contributed by atoms with Crippen molar-refractivity contribution < 1.29 is 147 Å². The van der Waals surface area contributed by atoms with Gasteiger partial charge in [0.2, 0.25) is 12.6 Å². The Morgan fingerprint density at radius 1 is 0.519 bits per heavy atom. The van der Waals surface area contributed by atoms with Gasteiger partial charge in [0.25, 0.3) is 23.6 Å². The molecule has 4 saturated heterocycles. The zero-order valence-corrected chi connectivity index (χ0v) is 56.3. The van der Waals surface area contributed by atoms with Crippen LogP contribution in [0, 0.1) is 0 Å². The zero-order valence-electron chi connectivity index (χ0n) is 56.3. The van der Waals surface area contributed by atoms with E-state index in [0.717, 1.165) is 9.80 Å². The van der Waals surface area contributed by atoms with Crippen LogP contribution in [0.2, 0.25) is 0 Å². The van der Waals surface area contributed by atoms with Crippen molar-refractivity contribution in [3.63, 3.8) is 0 Å². The molecule has 36 nitrogen and oxygen atoms in total. The number of rotatable bonds is 27. The van der Waals surface area contributed by atoms with Crippen LogP contribution in [0.1, 0.15) is 84.7 Å². The quantitative estimate of drug-likeness (QED) is 0.0263. The number of aliphatic hydroxyl groups excluding tert-OH is 9. The number of carboxylic acids is 2. The lowest BCUT2D eigenvalue weighted by Gasteiger charge is -2.38. The van der Waals surface area contributed by atoms with E-state index in [9.17, 15) is 94.5 Å². The van der Waals surface area contributed by atoms with Crippen molar-refractivity contribution in [3.8, 4) is 34.5 Å². The number of carbonyl (C=O) groups excluding carboxylic acids is 6. The molecular formula is C68H80N6O30. The number of aliphatic hydroxyl groups is 9. The van der Waals surface area contributed by atoms with Gasteiger partial charge in [-0.3, -0.25) is 19.2 Å². The number of methoxy groups -OCH3 is 3. The SMILES string of the molecule is C=C1CC2C(O)N(C(=O)OCc3ccc(O[C@@H]4O[C@H](C(=O)O)[C@@H](O)[C@H](O)[C@H]4O)c(C(=O)NCCOC)c3)c3cc(OCCCCCOc4cc5c(cc4OC)C(=O)N4CC(=C)C[C@H]4C(O)N5C(=O)OCc4ccc(O[C@@H]5O[C@H](C(=O)O)[C@@H](O)[C@H](O)[C@H]5O)c(C(=O)NCCO)c4)c(OC)cc3C(=O)N2C1. The van der Waals surface area contributed by atoms with Gasteiger partial charge >= 0.3 is 24.1 Å². The summed E-state index contributed by atoms with van der Waals surface area (Å²) in [5.74, 6) is -6.49. The molecule has 0 spiro atoms. The van der Waals surface area contributed by atoms with Crippen LogP contribution in [0.15, 0.2) is 85.0 Å². The van der Waals surface area contributed by atoms with Crippen molar-refractivity contribution in [2.45, 2.75) is 131 Å². The average Bonchev–Trinajstić information content (AvgIpc) is 1.60. The van der Waals surface area contributed by atoms with E-state index in [1.165, 1.54) is 91.8 Å². The standard InChI is InChI=1S/C68H80N6O30/c1-31-19-41-61(86)73(67(92)99-29-33-9-11-43(37(21-33)57(82)69-13-15-75)101-65-53(80)49(76)51(78)55(103-65)63(88)89)39-25-47(45(95-4)23-35(39)59(84)71(41)27-31)97-16-7-6-8-17-98-48-26-40-36(24-46(48)96-5)60(85)72-28-32(2)20-42(72)62(87)74(40)68(93)100-30-34-10-12-44(38(22-34)58(83)70-14-18-94-3)102-66-54(81)50(77)52(79)56(104-66)64(90)91/h9-12,21-26,41-42,49-56,61-62,65-66,75-81,86-87H,1-2,6-8,13-20,27-30H2,3-5H3,(H,69,82)(H,70,83)(H,88,89)(H,90,91)/t41-,42?,49-,50-,51-,52-,53+,54+,55-,56-,61?,62?,65+,66+/m0/s1. The highest BCUT2D eigenvalue weighted by Gasteiger charge is 2.52. The number of anilines is 2. The molecule has 0 aliphatic carbocycles. The van der Waals surface area contributed by atoms with Crippen molar-refractivity contribution in [1.29, 1.82) is 0 Å². The Morgan fingerprint density at radius 3 is 1.32 bits per heavy atom. The number of nitrogens with one attached hydrogen (secondary N) is 2. The second-order valence-electron chi connectivity index (χ2n) is 25.0. The fourth-order valence-electron chi connectivity index (χ4n) is 12.6. The first kappa shape index (κ1) is 76.7. The number of amides is 6. The summed E-state index contributed by atoms with van der Waals surface area (Å²) in [5, 5.41) is 120. The van der Waals surface area contributed by atoms with E-state index in [1.54, 1.807) is 0 Å². The smallest absolute Gasteiger partial charge is 0.416 e. The third kappa shape index (κ3) is 16.2. The number of aliphatic carboxylic acids is 2. The van der Waals surface area contributed by atoms with Crippen LogP contribution in [-0.4, -0.2) is 274 Å². The van der Waals surface area contributed by atoms with Crippen LogP contribution in [0.4, 0.5) is 21.0 Å². The third-order valence-corrected chi connectivity index (χ3v) is 18.0. The van der Waals surface area contributed by atoms with Gasteiger partial charge < -0.3 is 129 Å². The number of unbranched alkanes of at least 4 members (excludes halogenated alkanes) is 2. The first-order valence-corrected chi connectivity index (χ1v) is 32.7. The molecule has 4 aromatic carbocycles. The fourth-order valence-corrected chi connectivity index (χ4v) is 12.6. The number of fused-ring (bicyclic) bond motifs is 4. The molecule has 104 heavy (non-hydrogen) atoms. The van der Waals surface area contributed by atoms with Crippen LogP contribution in [0.25, 0.3) is 0 Å². The highest BCUT2D eigenvalue weighted by Crippen LogP contribution is 2.45. The summed E-state index contributed by atoms with van der Waals surface area (Å²) in [6, 6.07) is 11.0. The Kier molecular flexibility index (Phi) is 24.5. The third-order valence-electron chi connectivity index (χ3n) is 18.0. The maximum absolute atomic E-state index is 14.5. The van der Waals surface area contributed by atoms with E-state index in [2.05, 4.69) is 23.8 Å². The minimum absolute atomic E-state index is 0.00216. The van der Waals surface area contributed by atoms with Gasteiger partial charge in [-0.05, 0) is 79.6 Å². The predicted octanol–water partition coefficient (Wildman–Crippen LogP) is -0.536. The minimum Gasteiger partial charge on any atom is -0.493 e. The second kappa shape index (κ2) is 33.2. The molecule has 562 valence electrons. The molecule has 6 amide bonds. The minimum atomic E-state index is -2.04. The van der Waals surface area contributed by atoms with Crippen LogP contribution < -0.4 is 48.9 Å². The van der Waals surface area contributed by atoms with Gasteiger partial charge in [0.15, 0.2) is 47.7 Å². The Hall–Kier alpha value is -9.96. The van der Waals surface area contributed by atoms with Crippen molar-refractivity contribution in [1.82, 2.24) is 20.4 Å². The van der Waals surface area contributed by atoms with Crippen LogP contribution in [0.3, 0.4) is 0 Å². The van der Waals surface area contributed by atoms with Crippen molar-refractivity contribution in [2.75, 3.05) is 83.7 Å². The Morgan fingerprint density at radius 2 is 0.933 bits per heavy atom. The predicted molar refractivity (Wildman–Crippen MR) is 352 cm³/mol. The highest BCUT2D eigenvalue weighted by molar-refractivity contribution is 6.07. The van der Waals surface area contributed by atoms with Gasteiger partial charge in [-0.1, -0.05) is 36.4 Å². The number of nitrogens with zero attached hydrogens (tertiary/aromatic N) is 4. The summed E-state index contributed by atoms with van der Waals surface area (Å²) >= 11 is 0. The molecule has 4 fully saturated rings. The Labute approximate surface area is 592 Å². The molecule has 6 heterocycles. The molecule has 10 rings (SSSR count). The van der Waals surface area contributed by atoms with E-state index >= 15 is 0 Å². The van der Waals surface area contributed by atoms with E-state index in [-0.39, 0.29) is 138 Å². The topological polar surface area (TPSA) is 498 Å². The normalized spacial score (nSPS) is 25.7. The summed E-state index contributed by atoms with van der Waals surface area (Å²) in [7, 11) is 4.07. The van der Waals surface area contributed by atoms with E-state index in [4.69, 9.17) is 52.1 Å². The molecule has 0 bridgehead atoms. The first-order chi connectivity index (χ1) is 49.7. The molecule has 6 aliphatic rings. The van der Waals surface area contributed by atoms with Crippen molar-refractivity contribution >= 4 is 59.1 Å². The highest BCUT2D eigenvalue weighted by atomic mass is 16.7. The molecule has 0 aromatic heterocycles. The molecule has 0 saturated carbocycles. The first-order valence-electron chi connectivity index (χ1n) is 32.7. The molecular weight excluding hydrogens is 1380 g/mol. The number of hydrogen-bond acceptors (Lipinski definition) is 28. The maximum atomic E-state index is 14.5. The lowest BCUT2D eigenvalue weighted by atomic mass is 9.99. The van der Waals surface area contributed by atoms with Crippen LogP contribution in [-0.2, 0) is 46.5 Å². The summed E-state index contributed by atoms with van der Waals surface area (Å²) in [6.07, 6.45) is -24.4.